The molecule has 19 heavy (non-hydrogen) atoms. The molecule has 0 saturated carbocycles. The molecule has 0 aliphatic carbocycles. The summed E-state index contributed by atoms with van der Waals surface area (Å²) in [6, 6.07) is 2.48. The van der Waals surface area contributed by atoms with E-state index in [1.165, 1.54) is 17.6 Å². The number of alkyl halides is 6. The van der Waals surface area contributed by atoms with Crippen molar-refractivity contribution in [3.8, 4) is 0 Å². The summed E-state index contributed by atoms with van der Waals surface area (Å²) >= 11 is 1.83. The molecule has 1 N–H and O–H groups in total. The molecule has 0 aromatic carbocycles. The molecule has 0 aliphatic rings. The van der Waals surface area contributed by atoms with E-state index in [1.807, 2.05) is 22.6 Å². The predicted molar refractivity (Wildman–Crippen MR) is 61.2 cm³/mol. The molecule has 0 atom stereocenters. The van der Waals surface area contributed by atoms with Crippen LogP contribution in [0.25, 0.3) is 0 Å². The van der Waals surface area contributed by atoms with Crippen LogP contribution in [0.15, 0.2) is 18.3 Å². The molecule has 0 fully saturated rings. The van der Waals surface area contributed by atoms with Gasteiger partial charge in [-0.1, -0.05) is 0 Å². The number of carbonyl (C=O) groups excluding carboxylic acids is 1. The minimum absolute atomic E-state index is 0.385. The van der Waals surface area contributed by atoms with Crippen LogP contribution in [-0.4, -0.2) is 23.2 Å². The van der Waals surface area contributed by atoms with E-state index in [0.717, 1.165) is 6.07 Å². The quantitative estimate of drug-likeness (QED) is 0.614. The molecule has 1 aromatic heterocycles. The van der Waals surface area contributed by atoms with Crippen molar-refractivity contribution in [2.24, 2.45) is 5.92 Å². The zero-order valence-electron chi connectivity index (χ0n) is 8.81. The Bertz CT molecular complexity index is 441. The van der Waals surface area contributed by atoms with Crippen LogP contribution in [0.5, 0.6) is 0 Å². The molecule has 0 radical (unpaired) electrons. The van der Waals surface area contributed by atoms with Crippen LogP contribution in [-0.2, 0) is 4.79 Å². The van der Waals surface area contributed by atoms with Gasteiger partial charge in [0.2, 0.25) is 11.8 Å². The van der Waals surface area contributed by atoms with E-state index in [2.05, 4.69) is 4.98 Å². The van der Waals surface area contributed by atoms with E-state index in [1.54, 1.807) is 0 Å². The first-order chi connectivity index (χ1) is 8.51. The van der Waals surface area contributed by atoms with Gasteiger partial charge < -0.3 is 5.32 Å². The van der Waals surface area contributed by atoms with Crippen LogP contribution in [0.3, 0.4) is 0 Å². The van der Waals surface area contributed by atoms with Crippen molar-refractivity contribution in [2.45, 2.75) is 12.4 Å². The van der Waals surface area contributed by atoms with Crippen LogP contribution in [0.2, 0.25) is 0 Å². The number of hydrogen-bond acceptors (Lipinski definition) is 2. The van der Waals surface area contributed by atoms with Gasteiger partial charge in [-0.3, -0.25) is 4.79 Å². The van der Waals surface area contributed by atoms with Crippen molar-refractivity contribution in [3.63, 3.8) is 0 Å². The largest absolute Gasteiger partial charge is 0.409 e. The maximum absolute atomic E-state index is 12.2. The fourth-order valence-electron chi connectivity index (χ4n) is 1.13. The van der Waals surface area contributed by atoms with Crippen molar-refractivity contribution < 1.29 is 31.1 Å². The lowest BCUT2D eigenvalue weighted by molar-refractivity contribution is -0.272. The number of pyridine rings is 1. The minimum atomic E-state index is -5.72. The molecule has 0 bridgehead atoms. The summed E-state index contributed by atoms with van der Waals surface area (Å²) in [4.78, 5) is 14.6. The Kier molecular flexibility index (Phi) is 4.63. The molecular weight excluding hydrogens is 393 g/mol. The average molecular weight is 398 g/mol. The summed E-state index contributed by atoms with van der Waals surface area (Å²) in [7, 11) is 0. The van der Waals surface area contributed by atoms with Gasteiger partial charge >= 0.3 is 12.4 Å². The summed E-state index contributed by atoms with van der Waals surface area (Å²) < 4.78 is 74.0. The summed E-state index contributed by atoms with van der Waals surface area (Å²) in [6.45, 7) is 0. The van der Waals surface area contributed by atoms with Gasteiger partial charge in [0.05, 0.1) is 0 Å². The highest BCUT2D eigenvalue weighted by molar-refractivity contribution is 14.1. The first-order valence-corrected chi connectivity index (χ1v) is 5.65. The smallest absolute Gasteiger partial charge is 0.310 e. The number of nitrogens with one attached hydrogen (secondary N) is 1. The molecule has 0 unspecified atom stereocenters. The van der Waals surface area contributed by atoms with Crippen LogP contribution in [0, 0.1) is 9.49 Å². The Labute approximate surface area is 116 Å². The summed E-state index contributed by atoms with van der Waals surface area (Å²) in [6.07, 6.45) is -10.2. The van der Waals surface area contributed by atoms with Crippen molar-refractivity contribution in [1.82, 2.24) is 4.98 Å². The summed E-state index contributed by atoms with van der Waals surface area (Å²) in [5.41, 5.74) is 0. The molecule has 0 spiro atoms. The third-order valence-corrected chi connectivity index (χ3v) is 2.53. The van der Waals surface area contributed by atoms with Crippen molar-refractivity contribution in [3.05, 3.63) is 21.9 Å². The zero-order valence-corrected chi connectivity index (χ0v) is 11.0. The number of carbonyl (C=O) groups is 1. The van der Waals surface area contributed by atoms with E-state index in [9.17, 15) is 31.1 Å². The topological polar surface area (TPSA) is 42.0 Å². The molecule has 10 heteroatoms. The Morgan fingerprint density at radius 3 is 2.05 bits per heavy atom. The first-order valence-electron chi connectivity index (χ1n) is 4.57. The monoisotopic (exact) mass is 398 g/mol. The predicted octanol–water partition coefficient (Wildman–Crippen LogP) is 3.37. The number of hydrogen-bond donors (Lipinski definition) is 1. The minimum Gasteiger partial charge on any atom is -0.310 e. The lowest BCUT2D eigenvalue weighted by atomic mass is 10.1. The van der Waals surface area contributed by atoms with Crippen LogP contribution >= 0.6 is 22.6 Å². The molecule has 1 heterocycles. The van der Waals surface area contributed by atoms with E-state index in [0.29, 0.717) is 3.57 Å². The van der Waals surface area contributed by atoms with Crippen molar-refractivity contribution in [2.75, 3.05) is 5.32 Å². The maximum Gasteiger partial charge on any atom is 0.409 e. The fourth-order valence-corrected chi connectivity index (χ4v) is 1.45. The Morgan fingerprint density at radius 2 is 1.68 bits per heavy atom. The van der Waals surface area contributed by atoms with E-state index in [4.69, 9.17) is 0 Å². The van der Waals surface area contributed by atoms with Crippen LogP contribution in [0.4, 0.5) is 32.2 Å². The second-order valence-electron chi connectivity index (χ2n) is 3.37. The summed E-state index contributed by atoms with van der Waals surface area (Å²) in [5, 5.41) is 1.49. The lowest BCUT2D eigenvalue weighted by Crippen LogP contribution is -2.45. The second kappa shape index (κ2) is 5.51. The van der Waals surface area contributed by atoms with Gasteiger partial charge in [0.25, 0.3) is 0 Å². The highest BCUT2D eigenvalue weighted by Crippen LogP contribution is 2.39. The number of halogens is 7. The molecule has 106 valence electrons. The molecule has 3 nitrogen and oxygen atoms in total. The number of aromatic nitrogens is 1. The van der Waals surface area contributed by atoms with Crippen LogP contribution in [0.1, 0.15) is 0 Å². The molecular formula is C9H5F6IN2O. The molecule has 0 saturated heterocycles. The molecule has 1 amide bonds. The Hall–Kier alpha value is -1.07. The number of anilines is 1. The Balaban J connectivity index is 2.93. The SMILES string of the molecule is O=C(Nc1ccc(I)cn1)C(C(F)(F)F)C(F)(F)F. The first kappa shape index (κ1) is 16.0. The van der Waals surface area contributed by atoms with Crippen molar-refractivity contribution >= 4 is 34.3 Å². The van der Waals surface area contributed by atoms with Gasteiger partial charge in [0, 0.05) is 9.77 Å². The van der Waals surface area contributed by atoms with E-state index in [-0.39, 0.29) is 5.82 Å². The van der Waals surface area contributed by atoms with Crippen molar-refractivity contribution in [1.29, 1.82) is 0 Å². The third kappa shape index (κ3) is 4.51. The van der Waals surface area contributed by atoms with Gasteiger partial charge in [-0.25, -0.2) is 4.98 Å². The highest BCUT2D eigenvalue weighted by atomic mass is 127. The maximum atomic E-state index is 12.2. The van der Waals surface area contributed by atoms with Gasteiger partial charge in [-0.15, -0.1) is 0 Å². The van der Waals surface area contributed by atoms with Gasteiger partial charge in [-0.05, 0) is 34.7 Å². The third-order valence-electron chi connectivity index (χ3n) is 1.90. The molecule has 0 aliphatic heterocycles. The molecule has 1 rings (SSSR count). The normalized spacial score (nSPS) is 12.6. The highest BCUT2D eigenvalue weighted by Gasteiger charge is 2.61. The van der Waals surface area contributed by atoms with E-state index >= 15 is 0 Å². The lowest BCUT2D eigenvalue weighted by Gasteiger charge is -2.21. The van der Waals surface area contributed by atoms with Gasteiger partial charge in [-0.2, -0.15) is 26.3 Å². The van der Waals surface area contributed by atoms with Gasteiger partial charge in [0.1, 0.15) is 5.82 Å². The average Bonchev–Trinajstić information content (AvgIpc) is 2.16. The second-order valence-corrected chi connectivity index (χ2v) is 4.61. The zero-order chi connectivity index (χ0) is 14.8. The number of rotatable bonds is 2. The van der Waals surface area contributed by atoms with Gasteiger partial charge in [0.15, 0.2) is 0 Å². The fraction of sp³-hybridized carbons (Fsp3) is 0.333. The molecule has 1 aromatic rings. The summed E-state index contributed by atoms with van der Waals surface area (Å²) in [5.74, 6) is -6.68. The standard InChI is InChI=1S/C9H5F6IN2O/c10-8(11,12)6(9(13,14)15)7(19)18-5-2-1-4(16)3-17-5/h1-3,6H,(H,17,18,19). The van der Waals surface area contributed by atoms with E-state index < -0.39 is 24.2 Å². The number of nitrogens with zero attached hydrogens (tertiary/aromatic N) is 1. The van der Waals surface area contributed by atoms with Crippen LogP contribution < -0.4 is 5.32 Å². The Morgan fingerprint density at radius 1 is 1.16 bits per heavy atom. The number of amides is 1.